The molecule has 6 rings (SSSR count). The molecule has 0 N–H and O–H groups in total. The van der Waals surface area contributed by atoms with E-state index >= 15 is 0 Å². The van der Waals surface area contributed by atoms with Crippen LogP contribution in [0, 0.1) is 0 Å². The fourth-order valence-corrected chi connectivity index (χ4v) is 6.42. The van der Waals surface area contributed by atoms with Crippen molar-refractivity contribution in [2.75, 3.05) is 13.2 Å². The van der Waals surface area contributed by atoms with Gasteiger partial charge in [-0.1, -0.05) is 23.7 Å². The van der Waals surface area contributed by atoms with E-state index in [0.29, 0.717) is 19.8 Å². The second kappa shape index (κ2) is 9.21. The monoisotopic (exact) mass is 519 g/mol. The van der Waals surface area contributed by atoms with Crippen molar-refractivity contribution in [2.45, 2.75) is 77.7 Å². The summed E-state index contributed by atoms with van der Waals surface area (Å²) in [6.07, 6.45) is 5.76. The van der Waals surface area contributed by atoms with Gasteiger partial charge < -0.3 is 14.2 Å². The van der Waals surface area contributed by atoms with E-state index in [4.69, 9.17) is 25.8 Å². The molecular weight excluding hydrogens is 486 g/mol. The summed E-state index contributed by atoms with van der Waals surface area (Å²) in [4.78, 5) is 15.0. The van der Waals surface area contributed by atoms with Gasteiger partial charge >= 0.3 is 6.09 Å². The molecule has 4 aliphatic rings. The minimum absolute atomic E-state index is 0.00838. The molecule has 2 aliphatic carbocycles. The largest absolute Gasteiger partial charge is 0.488 e. The van der Waals surface area contributed by atoms with Gasteiger partial charge in [0.1, 0.15) is 18.0 Å². The SMILES string of the molecule is CCO[C@H]1C[C@@H](C2=CC3=C(C2)c2cc4c(cc2CC3)-c2ccc(Cl)cc2CO4)N(C(=O)OC(C)(C)C)C1. The van der Waals surface area contributed by atoms with Gasteiger partial charge in [-0.15, -0.1) is 0 Å². The van der Waals surface area contributed by atoms with Crippen molar-refractivity contribution in [3.05, 3.63) is 69.3 Å². The Morgan fingerprint density at radius 1 is 1.11 bits per heavy atom. The molecule has 2 atom stereocenters. The lowest BCUT2D eigenvalue weighted by Crippen LogP contribution is -2.41. The van der Waals surface area contributed by atoms with Crippen molar-refractivity contribution in [3.8, 4) is 16.9 Å². The highest BCUT2D eigenvalue weighted by Crippen LogP contribution is 2.48. The van der Waals surface area contributed by atoms with E-state index in [1.165, 1.54) is 33.4 Å². The molecule has 0 aromatic heterocycles. The van der Waals surface area contributed by atoms with Crippen LogP contribution in [0.2, 0.25) is 5.02 Å². The lowest BCUT2D eigenvalue weighted by Gasteiger charge is -2.29. The fraction of sp³-hybridized carbons (Fsp3) is 0.452. The van der Waals surface area contributed by atoms with Crippen LogP contribution in [0.15, 0.2) is 47.6 Å². The summed E-state index contributed by atoms with van der Waals surface area (Å²) in [5.41, 5.74) is 9.64. The third-order valence-corrected chi connectivity index (χ3v) is 8.02. The molecule has 2 aliphatic heterocycles. The molecule has 0 spiro atoms. The maximum absolute atomic E-state index is 13.2. The number of hydrogen-bond acceptors (Lipinski definition) is 4. The summed E-state index contributed by atoms with van der Waals surface area (Å²) < 4.78 is 17.9. The predicted molar refractivity (Wildman–Crippen MR) is 146 cm³/mol. The maximum Gasteiger partial charge on any atom is 0.410 e. The Kier molecular flexibility index (Phi) is 6.12. The van der Waals surface area contributed by atoms with Gasteiger partial charge in [0.15, 0.2) is 0 Å². The normalized spacial score (nSPS) is 22.1. The summed E-state index contributed by atoms with van der Waals surface area (Å²) in [6, 6.07) is 10.6. The van der Waals surface area contributed by atoms with Gasteiger partial charge in [-0.2, -0.15) is 0 Å². The zero-order chi connectivity index (χ0) is 25.9. The van der Waals surface area contributed by atoms with Crippen molar-refractivity contribution >= 4 is 23.3 Å². The number of hydrogen-bond donors (Lipinski definition) is 0. The highest BCUT2D eigenvalue weighted by atomic mass is 35.5. The third-order valence-electron chi connectivity index (χ3n) is 7.78. The number of fused-ring (bicyclic) bond motifs is 5. The topological polar surface area (TPSA) is 48.0 Å². The van der Waals surface area contributed by atoms with Crippen LogP contribution in [0.3, 0.4) is 0 Å². The number of halogens is 1. The Labute approximate surface area is 224 Å². The summed E-state index contributed by atoms with van der Waals surface area (Å²) in [5.74, 6) is 0.934. The minimum Gasteiger partial charge on any atom is -0.488 e. The van der Waals surface area contributed by atoms with E-state index in [1.54, 1.807) is 0 Å². The smallest absolute Gasteiger partial charge is 0.410 e. The van der Waals surface area contributed by atoms with Crippen LogP contribution in [0.5, 0.6) is 5.75 Å². The van der Waals surface area contributed by atoms with Gasteiger partial charge in [0.25, 0.3) is 0 Å². The number of nitrogens with zero attached hydrogens (tertiary/aromatic N) is 1. The van der Waals surface area contributed by atoms with E-state index in [9.17, 15) is 4.79 Å². The number of carbonyl (C=O) groups excluding carboxylic acids is 1. The van der Waals surface area contributed by atoms with E-state index in [-0.39, 0.29) is 18.2 Å². The number of allylic oxidation sites excluding steroid dienone is 3. The Balaban J connectivity index is 1.28. The van der Waals surface area contributed by atoms with Gasteiger partial charge in [-0.05, 0) is 117 Å². The van der Waals surface area contributed by atoms with Crippen LogP contribution in [-0.2, 0) is 22.5 Å². The number of aryl methyl sites for hydroxylation is 1. The highest BCUT2D eigenvalue weighted by molar-refractivity contribution is 6.30. The van der Waals surface area contributed by atoms with Gasteiger partial charge in [0.05, 0.1) is 18.7 Å². The van der Waals surface area contributed by atoms with E-state index in [1.807, 2.05) is 44.7 Å². The van der Waals surface area contributed by atoms with Crippen LogP contribution in [-0.4, -0.2) is 41.9 Å². The first-order chi connectivity index (χ1) is 17.7. The molecule has 2 aromatic rings. The molecule has 1 fully saturated rings. The lowest BCUT2D eigenvalue weighted by molar-refractivity contribution is 0.0192. The van der Waals surface area contributed by atoms with E-state index in [2.05, 4.69) is 24.3 Å². The molecule has 1 amide bonds. The average Bonchev–Trinajstić information content (AvgIpc) is 3.46. The molecule has 0 bridgehead atoms. The van der Waals surface area contributed by atoms with Crippen molar-refractivity contribution in [1.29, 1.82) is 0 Å². The van der Waals surface area contributed by atoms with Crippen molar-refractivity contribution in [1.82, 2.24) is 4.90 Å². The third kappa shape index (κ3) is 4.57. The number of rotatable bonds is 3. The van der Waals surface area contributed by atoms with Crippen LogP contribution < -0.4 is 4.74 Å². The summed E-state index contributed by atoms with van der Waals surface area (Å²) in [6.45, 7) is 9.49. The van der Waals surface area contributed by atoms with Gasteiger partial charge in [0, 0.05) is 17.2 Å². The number of amides is 1. The van der Waals surface area contributed by atoms with Gasteiger partial charge in [-0.3, -0.25) is 4.90 Å². The highest BCUT2D eigenvalue weighted by Gasteiger charge is 2.41. The summed E-state index contributed by atoms with van der Waals surface area (Å²) in [7, 11) is 0. The molecule has 0 radical (unpaired) electrons. The minimum atomic E-state index is -0.533. The Bertz CT molecular complexity index is 1340. The predicted octanol–water partition coefficient (Wildman–Crippen LogP) is 7.34. The average molecular weight is 520 g/mol. The standard InChI is InChI=1S/C31H34ClNO4/c1-5-35-23-14-28(33(16-23)30(34)37-31(2,3)4)20-10-18-6-7-19-12-27-24-9-8-22(32)11-21(24)17-36-29(27)15-26(19)25(18)13-20/h8-12,15,23,28H,5-7,13-14,16-17H2,1-4H3/t23-,28-/m0/s1. The molecule has 2 heterocycles. The molecule has 0 unspecified atom stereocenters. The number of likely N-dealkylation sites (tertiary alicyclic amines) is 1. The number of ether oxygens (including phenoxy) is 3. The zero-order valence-corrected chi connectivity index (χ0v) is 22.8. The van der Waals surface area contributed by atoms with Crippen LogP contribution in [0.1, 0.15) is 63.6 Å². The zero-order valence-electron chi connectivity index (χ0n) is 22.0. The molecule has 1 saturated heterocycles. The first-order valence-corrected chi connectivity index (χ1v) is 13.7. The lowest BCUT2D eigenvalue weighted by atomic mass is 9.83. The first-order valence-electron chi connectivity index (χ1n) is 13.3. The van der Waals surface area contributed by atoms with Crippen molar-refractivity contribution in [2.24, 2.45) is 0 Å². The molecular formula is C31H34ClNO4. The molecule has 0 saturated carbocycles. The van der Waals surface area contributed by atoms with Crippen molar-refractivity contribution in [3.63, 3.8) is 0 Å². The van der Waals surface area contributed by atoms with Crippen molar-refractivity contribution < 1.29 is 19.0 Å². The Morgan fingerprint density at radius 3 is 2.73 bits per heavy atom. The van der Waals surface area contributed by atoms with Crippen LogP contribution >= 0.6 is 11.6 Å². The van der Waals surface area contributed by atoms with Crippen LogP contribution in [0.25, 0.3) is 16.7 Å². The second-order valence-electron chi connectivity index (χ2n) is 11.5. The summed E-state index contributed by atoms with van der Waals surface area (Å²) >= 11 is 6.23. The molecule has 5 nitrogen and oxygen atoms in total. The molecule has 37 heavy (non-hydrogen) atoms. The first kappa shape index (κ1) is 24.6. The molecule has 2 aromatic carbocycles. The quantitative estimate of drug-likeness (QED) is 0.425. The number of benzene rings is 2. The van der Waals surface area contributed by atoms with Gasteiger partial charge in [0.2, 0.25) is 0 Å². The van der Waals surface area contributed by atoms with E-state index in [0.717, 1.165) is 47.6 Å². The Hall–Kier alpha value is -2.76. The van der Waals surface area contributed by atoms with Gasteiger partial charge in [-0.25, -0.2) is 4.79 Å². The number of carbonyl (C=O) groups is 1. The molecule has 194 valence electrons. The Morgan fingerprint density at radius 2 is 1.95 bits per heavy atom. The maximum atomic E-state index is 13.2. The van der Waals surface area contributed by atoms with E-state index < -0.39 is 5.60 Å². The second-order valence-corrected chi connectivity index (χ2v) is 11.9. The fourth-order valence-electron chi connectivity index (χ4n) is 6.22. The molecule has 6 heteroatoms. The summed E-state index contributed by atoms with van der Waals surface area (Å²) in [5, 5.41) is 0.738. The van der Waals surface area contributed by atoms with Crippen LogP contribution in [0.4, 0.5) is 4.79 Å².